The molecule has 1 heterocycles. The molecule has 0 saturated carbocycles. The van der Waals surface area contributed by atoms with E-state index in [1.807, 2.05) is 6.07 Å². The highest BCUT2D eigenvalue weighted by Gasteiger charge is 2.13. The zero-order valence-corrected chi connectivity index (χ0v) is 11.4. The lowest BCUT2D eigenvalue weighted by Gasteiger charge is -2.05. The molecule has 0 fully saturated rings. The van der Waals surface area contributed by atoms with E-state index in [9.17, 15) is 8.42 Å². The second-order valence-corrected chi connectivity index (χ2v) is 5.62. The van der Waals surface area contributed by atoms with E-state index < -0.39 is 10.1 Å². The van der Waals surface area contributed by atoms with Gasteiger partial charge in [0.2, 0.25) is 0 Å². The summed E-state index contributed by atoms with van der Waals surface area (Å²) < 4.78 is 28.7. The van der Waals surface area contributed by atoms with Gasteiger partial charge in [-0.3, -0.25) is 4.18 Å². The van der Waals surface area contributed by atoms with E-state index in [1.54, 1.807) is 30.3 Å². The highest BCUT2D eigenvalue weighted by molar-refractivity contribution is 7.86. The van der Waals surface area contributed by atoms with Gasteiger partial charge < -0.3 is 0 Å². The van der Waals surface area contributed by atoms with Gasteiger partial charge in [0.1, 0.15) is 11.8 Å². The summed E-state index contributed by atoms with van der Waals surface area (Å²) >= 11 is 0. The third-order valence-corrected chi connectivity index (χ3v) is 3.93. The molecule has 2 rings (SSSR count). The average molecular weight is 288 g/mol. The van der Waals surface area contributed by atoms with Gasteiger partial charge >= 0.3 is 0 Å². The molecule has 20 heavy (non-hydrogen) atoms. The topological polar surface area (TPSA) is 80.0 Å². The van der Waals surface area contributed by atoms with Gasteiger partial charge in [0.25, 0.3) is 10.1 Å². The fraction of sp³-hybridized carbons (Fsp3) is 0.143. The number of nitrogens with zero attached hydrogens (tertiary/aromatic N) is 2. The van der Waals surface area contributed by atoms with E-state index in [-0.39, 0.29) is 11.5 Å². The number of aromatic nitrogens is 1. The molecule has 102 valence electrons. The number of pyridine rings is 1. The third kappa shape index (κ3) is 3.63. The van der Waals surface area contributed by atoms with Crippen LogP contribution in [0.4, 0.5) is 0 Å². The van der Waals surface area contributed by atoms with Crippen LogP contribution >= 0.6 is 0 Å². The second-order valence-electron chi connectivity index (χ2n) is 4.00. The van der Waals surface area contributed by atoms with Crippen LogP contribution in [0, 0.1) is 11.3 Å². The van der Waals surface area contributed by atoms with Crippen molar-refractivity contribution in [3.8, 4) is 6.07 Å². The SMILES string of the molecule is N#Cc1cc(CCOS(=O)(=O)c2ccccc2)ccn1. The molecule has 0 aliphatic heterocycles. The molecule has 6 heteroatoms. The molecule has 0 aliphatic rings. The highest BCUT2D eigenvalue weighted by atomic mass is 32.2. The predicted molar refractivity (Wildman–Crippen MR) is 72.2 cm³/mol. The molecular formula is C14H12N2O3S. The van der Waals surface area contributed by atoms with Crippen LogP contribution in [0.25, 0.3) is 0 Å². The van der Waals surface area contributed by atoms with Gasteiger partial charge in [-0.05, 0) is 36.2 Å². The normalized spacial score (nSPS) is 10.9. The number of hydrogen-bond donors (Lipinski definition) is 0. The van der Waals surface area contributed by atoms with Crippen molar-refractivity contribution in [1.29, 1.82) is 5.26 Å². The van der Waals surface area contributed by atoms with E-state index in [2.05, 4.69) is 4.98 Å². The Morgan fingerprint density at radius 1 is 1.20 bits per heavy atom. The van der Waals surface area contributed by atoms with Gasteiger partial charge in [-0.15, -0.1) is 0 Å². The molecule has 5 nitrogen and oxygen atoms in total. The molecule has 0 aliphatic carbocycles. The Morgan fingerprint density at radius 3 is 2.65 bits per heavy atom. The summed E-state index contributed by atoms with van der Waals surface area (Å²) in [6, 6.07) is 13.2. The zero-order chi connectivity index (χ0) is 14.4. The molecule has 1 aromatic heterocycles. The Morgan fingerprint density at radius 2 is 1.95 bits per heavy atom. The largest absolute Gasteiger partial charge is 0.296 e. The molecule has 0 atom stereocenters. The Kier molecular flexibility index (Phi) is 4.45. The molecule has 0 saturated heterocycles. The van der Waals surface area contributed by atoms with Crippen LogP contribution in [0.5, 0.6) is 0 Å². The maximum absolute atomic E-state index is 11.9. The van der Waals surface area contributed by atoms with E-state index in [1.165, 1.54) is 18.3 Å². The first-order valence-electron chi connectivity index (χ1n) is 5.91. The third-order valence-electron chi connectivity index (χ3n) is 2.60. The summed E-state index contributed by atoms with van der Waals surface area (Å²) in [6.45, 7) is 0.0199. The van der Waals surface area contributed by atoms with E-state index in [0.29, 0.717) is 12.1 Å². The summed E-state index contributed by atoms with van der Waals surface area (Å²) in [7, 11) is -3.73. The van der Waals surface area contributed by atoms with Crippen LogP contribution in [0.15, 0.2) is 53.6 Å². The van der Waals surface area contributed by atoms with Crippen molar-refractivity contribution in [2.75, 3.05) is 6.61 Å². The number of nitriles is 1. The molecular weight excluding hydrogens is 276 g/mol. The minimum Gasteiger partial charge on any atom is -0.266 e. The molecule has 0 N–H and O–H groups in total. The van der Waals surface area contributed by atoms with Gasteiger partial charge in [0.15, 0.2) is 0 Å². The van der Waals surface area contributed by atoms with E-state index in [0.717, 1.165) is 5.56 Å². The van der Waals surface area contributed by atoms with Gasteiger partial charge in [-0.2, -0.15) is 13.7 Å². The summed E-state index contributed by atoms with van der Waals surface area (Å²) in [6.07, 6.45) is 1.91. The van der Waals surface area contributed by atoms with E-state index in [4.69, 9.17) is 9.44 Å². The minimum absolute atomic E-state index is 0.0199. The van der Waals surface area contributed by atoms with Gasteiger partial charge in [0, 0.05) is 6.20 Å². The van der Waals surface area contributed by atoms with Crippen molar-refractivity contribution in [3.05, 3.63) is 59.9 Å². The van der Waals surface area contributed by atoms with Gasteiger partial charge in [-0.1, -0.05) is 18.2 Å². The van der Waals surface area contributed by atoms with Crippen LogP contribution in [-0.4, -0.2) is 20.0 Å². The smallest absolute Gasteiger partial charge is 0.266 e. The van der Waals surface area contributed by atoms with Crippen molar-refractivity contribution in [3.63, 3.8) is 0 Å². The molecule has 0 amide bonds. The van der Waals surface area contributed by atoms with Crippen molar-refractivity contribution in [1.82, 2.24) is 4.98 Å². The van der Waals surface area contributed by atoms with Crippen LogP contribution in [-0.2, 0) is 20.7 Å². The highest BCUT2D eigenvalue weighted by Crippen LogP contribution is 2.12. The molecule has 0 spiro atoms. The van der Waals surface area contributed by atoms with Crippen LogP contribution < -0.4 is 0 Å². The molecule has 0 bridgehead atoms. The van der Waals surface area contributed by atoms with Crippen molar-refractivity contribution in [2.24, 2.45) is 0 Å². The monoisotopic (exact) mass is 288 g/mol. The Hall–Kier alpha value is -2.23. The van der Waals surface area contributed by atoms with E-state index >= 15 is 0 Å². The Labute approximate surface area is 117 Å². The Balaban J connectivity index is 1.98. The summed E-state index contributed by atoms with van der Waals surface area (Å²) in [5, 5.41) is 8.73. The fourth-order valence-electron chi connectivity index (χ4n) is 1.62. The summed E-state index contributed by atoms with van der Waals surface area (Å²) in [5.74, 6) is 0. The lowest BCUT2D eigenvalue weighted by Crippen LogP contribution is -2.09. The minimum atomic E-state index is -3.73. The lowest BCUT2D eigenvalue weighted by molar-refractivity contribution is 0.322. The molecule has 2 aromatic rings. The fourth-order valence-corrected chi connectivity index (χ4v) is 2.54. The second kappa shape index (κ2) is 6.28. The summed E-state index contributed by atoms with van der Waals surface area (Å²) in [4.78, 5) is 3.97. The maximum atomic E-state index is 11.9. The first-order chi connectivity index (χ1) is 9.62. The van der Waals surface area contributed by atoms with Gasteiger partial charge in [-0.25, -0.2) is 4.98 Å². The Bertz CT molecular complexity index is 722. The number of benzene rings is 1. The standard InChI is InChI=1S/C14H12N2O3S/c15-11-13-10-12(6-8-16-13)7-9-19-20(17,18)14-4-2-1-3-5-14/h1-6,8,10H,7,9H2. The zero-order valence-electron chi connectivity index (χ0n) is 10.6. The van der Waals surface area contributed by atoms with Crippen LogP contribution in [0.2, 0.25) is 0 Å². The molecule has 1 aromatic carbocycles. The van der Waals surface area contributed by atoms with Crippen molar-refractivity contribution >= 4 is 10.1 Å². The lowest BCUT2D eigenvalue weighted by atomic mass is 10.2. The molecule has 0 unspecified atom stereocenters. The number of rotatable bonds is 5. The van der Waals surface area contributed by atoms with Gasteiger partial charge in [0.05, 0.1) is 11.5 Å². The first kappa shape index (κ1) is 14.2. The predicted octanol–water partition coefficient (Wildman–Crippen LogP) is 1.90. The number of hydrogen-bond acceptors (Lipinski definition) is 5. The van der Waals surface area contributed by atoms with Crippen LogP contribution in [0.3, 0.4) is 0 Å². The quantitative estimate of drug-likeness (QED) is 0.785. The van der Waals surface area contributed by atoms with Crippen LogP contribution in [0.1, 0.15) is 11.3 Å². The average Bonchev–Trinajstić information content (AvgIpc) is 2.48. The maximum Gasteiger partial charge on any atom is 0.296 e. The first-order valence-corrected chi connectivity index (χ1v) is 7.32. The summed E-state index contributed by atoms with van der Waals surface area (Å²) in [5.41, 5.74) is 1.10. The molecule has 0 radical (unpaired) electrons. The van der Waals surface area contributed by atoms with Crippen molar-refractivity contribution < 1.29 is 12.6 Å². The van der Waals surface area contributed by atoms with Crippen molar-refractivity contribution in [2.45, 2.75) is 11.3 Å².